The predicted octanol–water partition coefficient (Wildman–Crippen LogP) is 0.680. The summed E-state index contributed by atoms with van der Waals surface area (Å²) < 4.78 is 1.57. The molecule has 1 aromatic heterocycles. The zero-order chi connectivity index (χ0) is 6.15. The van der Waals surface area contributed by atoms with Crippen LogP contribution in [0.15, 0.2) is 5.16 Å². The van der Waals surface area contributed by atoms with Gasteiger partial charge in [0.25, 0.3) is 0 Å². The Morgan fingerprint density at radius 1 is 1.62 bits per heavy atom. The number of hydrogen-bond donors (Lipinski definition) is 0. The van der Waals surface area contributed by atoms with Crippen LogP contribution in [0.2, 0.25) is 0 Å². The van der Waals surface area contributed by atoms with Crippen LogP contribution in [-0.2, 0) is 7.05 Å². The number of hydrogen-bond acceptors (Lipinski definition) is 2. The number of nitrogens with zero attached hydrogens (tertiary/aromatic N) is 3. The molecule has 8 heavy (non-hydrogen) atoms. The fourth-order valence-electron chi connectivity index (χ4n) is 0.493. The average Bonchev–Trinajstić information content (AvgIpc) is 1.85. The Kier molecular flexibility index (Phi) is 1.17. The van der Waals surface area contributed by atoms with Gasteiger partial charge in [0.15, 0.2) is 0 Å². The summed E-state index contributed by atoms with van der Waals surface area (Å²) in [7, 11) is 1.78. The van der Waals surface area contributed by atoms with Crippen LogP contribution in [0.1, 0.15) is 5.82 Å². The smallest absolute Gasteiger partial charge is 0.217 e. The summed E-state index contributed by atoms with van der Waals surface area (Å²) in [5, 5.41) is 4.46. The van der Waals surface area contributed by atoms with Gasteiger partial charge in [-0.1, -0.05) is 0 Å². The molecule has 0 aliphatic heterocycles. The van der Waals surface area contributed by atoms with E-state index in [1.807, 2.05) is 6.92 Å². The van der Waals surface area contributed by atoms with E-state index in [1.165, 1.54) is 0 Å². The maximum atomic E-state index is 4.76. The van der Waals surface area contributed by atoms with Crippen molar-refractivity contribution < 1.29 is 0 Å². The zero-order valence-corrected chi connectivity index (χ0v) is 5.57. The van der Waals surface area contributed by atoms with E-state index in [-0.39, 0.29) is 0 Å². The van der Waals surface area contributed by atoms with Crippen molar-refractivity contribution in [2.75, 3.05) is 0 Å². The lowest BCUT2D eigenvalue weighted by Gasteiger charge is -1.82. The normalized spacial score (nSPS) is 9.75. The van der Waals surface area contributed by atoms with Crippen LogP contribution in [0, 0.1) is 6.92 Å². The Balaban J connectivity index is 3.14. The topological polar surface area (TPSA) is 30.7 Å². The lowest BCUT2D eigenvalue weighted by Crippen LogP contribution is -1.89. The highest BCUT2D eigenvalue weighted by molar-refractivity contribution is 7.80. The fraction of sp³-hybridized carbons (Fsp3) is 0.500. The van der Waals surface area contributed by atoms with Gasteiger partial charge in [0, 0.05) is 7.05 Å². The highest BCUT2D eigenvalue weighted by Crippen LogP contribution is 1.97. The Hall–Kier alpha value is -0.640. The molecule has 0 spiro atoms. The summed E-state index contributed by atoms with van der Waals surface area (Å²) in [6.07, 6.45) is 0. The van der Waals surface area contributed by atoms with Crippen LogP contribution in [-0.4, -0.2) is 14.8 Å². The van der Waals surface area contributed by atoms with Crippen LogP contribution in [0.3, 0.4) is 0 Å². The van der Waals surface area contributed by atoms with Gasteiger partial charge in [0.2, 0.25) is 5.16 Å². The van der Waals surface area contributed by atoms with E-state index < -0.39 is 0 Å². The van der Waals surface area contributed by atoms with E-state index in [1.54, 1.807) is 11.7 Å². The van der Waals surface area contributed by atoms with Gasteiger partial charge in [-0.15, -0.1) is 0 Å². The SMILES string of the molecule is Cc1nc([S])n(C)n1. The molecule has 1 aromatic rings. The summed E-state index contributed by atoms with van der Waals surface area (Å²) >= 11 is 4.76. The third kappa shape index (κ3) is 0.790. The Bertz CT molecular complexity index is 174. The van der Waals surface area contributed by atoms with Gasteiger partial charge in [-0.25, -0.2) is 9.67 Å². The Morgan fingerprint density at radius 3 is 2.38 bits per heavy atom. The van der Waals surface area contributed by atoms with E-state index in [0.29, 0.717) is 5.16 Å². The largest absolute Gasteiger partial charge is 0.240 e. The van der Waals surface area contributed by atoms with Crippen molar-refractivity contribution in [2.24, 2.45) is 7.05 Å². The molecule has 0 saturated heterocycles. The Morgan fingerprint density at radius 2 is 2.25 bits per heavy atom. The van der Waals surface area contributed by atoms with Crippen LogP contribution < -0.4 is 0 Å². The van der Waals surface area contributed by atoms with Gasteiger partial charge in [0.05, 0.1) is 0 Å². The van der Waals surface area contributed by atoms with Crippen LogP contribution in [0.5, 0.6) is 0 Å². The van der Waals surface area contributed by atoms with Crippen molar-refractivity contribution in [3.63, 3.8) is 0 Å². The molecule has 43 valence electrons. The second-order valence-electron chi connectivity index (χ2n) is 1.57. The molecule has 0 amide bonds. The minimum Gasteiger partial charge on any atom is -0.240 e. The average molecular weight is 128 g/mol. The van der Waals surface area contributed by atoms with Crippen molar-refractivity contribution in [3.05, 3.63) is 5.82 Å². The maximum absolute atomic E-state index is 4.76. The summed E-state index contributed by atoms with van der Waals surface area (Å²) in [5.41, 5.74) is 0. The van der Waals surface area contributed by atoms with E-state index in [0.717, 1.165) is 5.82 Å². The number of aryl methyl sites for hydroxylation is 2. The van der Waals surface area contributed by atoms with E-state index in [4.69, 9.17) is 12.6 Å². The molecule has 0 aliphatic rings. The van der Waals surface area contributed by atoms with E-state index in [9.17, 15) is 0 Å². The first kappa shape index (κ1) is 5.50. The fourth-order valence-corrected chi connectivity index (χ4v) is 0.666. The van der Waals surface area contributed by atoms with Gasteiger partial charge in [-0.2, -0.15) is 5.10 Å². The first-order chi connectivity index (χ1) is 3.70. The first-order valence-electron chi connectivity index (χ1n) is 2.25. The van der Waals surface area contributed by atoms with Crippen LogP contribution in [0.4, 0.5) is 0 Å². The maximum Gasteiger partial charge on any atom is 0.217 e. The van der Waals surface area contributed by atoms with Crippen molar-refractivity contribution in [1.82, 2.24) is 14.8 Å². The Labute approximate surface area is 53.1 Å². The third-order valence-corrected chi connectivity index (χ3v) is 1.18. The predicted molar refractivity (Wildman–Crippen MR) is 31.6 cm³/mol. The zero-order valence-electron chi connectivity index (χ0n) is 4.75. The van der Waals surface area contributed by atoms with Gasteiger partial charge >= 0.3 is 0 Å². The summed E-state index contributed by atoms with van der Waals surface area (Å²) in [6, 6.07) is 0. The second kappa shape index (κ2) is 1.70. The first-order valence-corrected chi connectivity index (χ1v) is 2.65. The van der Waals surface area contributed by atoms with Gasteiger partial charge in [-0.05, 0) is 19.6 Å². The van der Waals surface area contributed by atoms with E-state index >= 15 is 0 Å². The van der Waals surface area contributed by atoms with Crippen LogP contribution in [0.25, 0.3) is 0 Å². The molecule has 1 heterocycles. The molecule has 0 unspecified atom stereocenters. The van der Waals surface area contributed by atoms with Gasteiger partial charge < -0.3 is 0 Å². The monoisotopic (exact) mass is 128 g/mol. The van der Waals surface area contributed by atoms with E-state index in [2.05, 4.69) is 10.1 Å². The molecular formula is C4H6N3S. The lowest BCUT2D eigenvalue weighted by atomic mass is 10.8. The lowest BCUT2D eigenvalue weighted by molar-refractivity contribution is 0.684. The molecule has 0 N–H and O–H groups in total. The number of aromatic nitrogens is 3. The van der Waals surface area contributed by atoms with Crippen LogP contribution >= 0.6 is 12.6 Å². The molecule has 0 saturated carbocycles. The summed E-state index contributed by atoms with van der Waals surface area (Å²) in [5.74, 6) is 0.734. The molecule has 1 radical (unpaired) electrons. The van der Waals surface area contributed by atoms with Crippen molar-refractivity contribution in [2.45, 2.75) is 12.1 Å². The van der Waals surface area contributed by atoms with Gasteiger partial charge in [-0.3, -0.25) is 0 Å². The molecular weight excluding hydrogens is 122 g/mol. The third-order valence-electron chi connectivity index (χ3n) is 0.829. The summed E-state index contributed by atoms with van der Waals surface area (Å²) in [6.45, 7) is 1.82. The molecule has 0 atom stereocenters. The highest BCUT2D eigenvalue weighted by Gasteiger charge is 1.95. The molecule has 3 nitrogen and oxygen atoms in total. The molecule has 1 rings (SSSR count). The van der Waals surface area contributed by atoms with Crippen molar-refractivity contribution >= 4 is 12.6 Å². The minimum atomic E-state index is 0.544. The molecule has 0 fully saturated rings. The molecule has 0 aliphatic carbocycles. The molecule has 0 bridgehead atoms. The van der Waals surface area contributed by atoms with Gasteiger partial charge in [0.1, 0.15) is 5.82 Å². The second-order valence-corrected chi connectivity index (χ2v) is 1.93. The molecule has 0 aromatic carbocycles. The minimum absolute atomic E-state index is 0.544. The number of rotatable bonds is 0. The van der Waals surface area contributed by atoms with Crippen molar-refractivity contribution in [1.29, 1.82) is 0 Å². The quantitative estimate of drug-likeness (QED) is 0.514. The highest BCUT2D eigenvalue weighted by atomic mass is 32.1. The summed E-state index contributed by atoms with van der Waals surface area (Å²) in [4.78, 5) is 3.88. The van der Waals surface area contributed by atoms with Crippen molar-refractivity contribution in [3.8, 4) is 0 Å². The molecule has 4 heteroatoms. The standard InChI is InChI=1S/C4H6N3S/c1-3-5-4(8)7(2)6-3/h1-2H3.